The number of carbonyl (C=O) groups excluding carboxylic acids is 2. The Morgan fingerprint density at radius 2 is 2.10 bits per heavy atom. The van der Waals surface area contributed by atoms with Gasteiger partial charge in [0, 0.05) is 14.2 Å². The van der Waals surface area contributed by atoms with Crippen LogP contribution in [-0.2, 0) is 18.9 Å². The molecule has 0 aliphatic carbocycles. The van der Waals surface area contributed by atoms with Gasteiger partial charge in [0.1, 0.15) is 5.60 Å². The third-order valence-corrected chi connectivity index (χ3v) is 2.92. The van der Waals surface area contributed by atoms with Crippen molar-refractivity contribution in [3.8, 4) is 0 Å². The molecular formula is C14H23NO6. The minimum absolute atomic E-state index is 0.168. The summed E-state index contributed by atoms with van der Waals surface area (Å²) in [7, 11) is 3.06. The van der Waals surface area contributed by atoms with Crippen LogP contribution < -0.4 is 0 Å². The number of nitrogens with zero attached hydrogens (tertiary/aromatic N) is 1. The first-order valence-corrected chi connectivity index (χ1v) is 6.64. The van der Waals surface area contributed by atoms with E-state index in [-0.39, 0.29) is 6.61 Å². The predicted octanol–water partition coefficient (Wildman–Crippen LogP) is 1.96. The smallest absolute Gasteiger partial charge is 0.444 e. The summed E-state index contributed by atoms with van der Waals surface area (Å²) in [5.74, 6) is 0. The number of hydrogen-bond donors (Lipinski definition) is 0. The van der Waals surface area contributed by atoms with Gasteiger partial charge < -0.3 is 23.8 Å². The van der Waals surface area contributed by atoms with Gasteiger partial charge in [-0.15, -0.1) is 0 Å². The van der Waals surface area contributed by atoms with Crippen LogP contribution in [0.2, 0.25) is 0 Å². The quantitative estimate of drug-likeness (QED) is 0.571. The number of ether oxygens (including phenoxy) is 4. The van der Waals surface area contributed by atoms with E-state index in [9.17, 15) is 9.59 Å². The van der Waals surface area contributed by atoms with Crippen LogP contribution in [0.5, 0.6) is 0 Å². The molecule has 0 aromatic heterocycles. The first-order valence-electron chi connectivity index (χ1n) is 6.64. The second kappa shape index (κ2) is 6.80. The first-order chi connectivity index (χ1) is 9.69. The van der Waals surface area contributed by atoms with Crippen LogP contribution in [0.1, 0.15) is 20.8 Å². The maximum Gasteiger partial charge on any atom is 0.509 e. The molecule has 0 aromatic rings. The summed E-state index contributed by atoms with van der Waals surface area (Å²) < 4.78 is 20.5. The number of likely N-dealkylation sites (N-methyl/N-ethyl adjacent to an activating group) is 1. The summed E-state index contributed by atoms with van der Waals surface area (Å²) in [6, 6.07) is -0.542. The Morgan fingerprint density at radius 3 is 2.57 bits per heavy atom. The molecule has 1 aliphatic rings. The Balaban J connectivity index is 2.87. The normalized spacial score (nSPS) is 23.0. The SMILES string of the molecule is C=C[C@@H]1OC(=O)O[C@@H]1[C@@H](COC)N(C)C(=O)OC(C)(C)C. The van der Waals surface area contributed by atoms with Gasteiger partial charge >= 0.3 is 12.2 Å². The van der Waals surface area contributed by atoms with Crippen LogP contribution in [0.15, 0.2) is 12.7 Å². The molecule has 0 bridgehead atoms. The monoisotopic (exact) mass is 301 g/mol. The molecule has 1 fully saturated rings. The molecule has 21 heavy (non-hydrogen) atoms. The molecule has 1 rings (SSSR count). The first kappa shape index (κ1) is 17.3. The van der Waals surface area contributed by atoms with Crippen LogP contribution in [-0.4, -0.2) is 61.8 Å². The maximum absolute atomic E-state index is 12.1. The maximum atomic E-state index is 12.1. The van der Waals surface area contributed by atoms with E-state index in [1.807, 2.05) is 0 Å². The van der Waals surface area contributed by atoms with Crippen molar-refractivity contribution in [3.05, 3.63) is 12.7 Å². The molecule has 1 aliphatic heterocycles. The number of methoxy groups -OCH3 is 1. The van der Waals surface area contributed by atoms with Crippen molar-refractivity contribution in [2.45, 2.75) is 44.6 Å². The molecule has 7 nitrogen and oxygen atoms in total. The van der Waals surface area contributed by atoms with Crippen molar-refractivity contribution in [1.82, 2.24) is 4.90 Å². The number of cyclic esters (lactones) is 2. The Hall–Kier alpha value is -1.76. The molecule has 1 amide bonds. The van der Waals surface area contributed by atoms with E-state index < -0.39 is 36.1 Å². The zero-order valence-corrected chi connectivity index (χ0v) is 13.1. The fourth-order valence-electron chi connectivity index (χ4n) is 1.93. The summed E-state index contributed by atoms with van der Waals surface area (Å²) in [6.07, 6.45) is -1.19. The largest absolute Gasteiger partial charge is 0.509 e. The lowest BCUT2D eigenvalue weighted by Crippen LogP contribution is -2.51. The summed E-state index contributed by atoms with van der Waals surface area (Å²) in [4.78, 5) is 24.8. The molecule has 120 valence electrons. The molecular weight excluding hydrogens is 278 g/mol. The van der Waals surface area contributed by atoms with E-state index in [2.05, 4.69) is 6.58 Å². The molecule has 0 spiro atoms. The van der Waals surface area contributed by atoms with Crippen LogP contribution in [0, 0.1) is 0 Å². The highest BCUT2D eigenvalue weighted by molar-refractivity contribution is 5.69. The lowest BCUT2D eigenvalue weighted by Gasteiger charge is -2.33. The van der Waals surface area contributed by atoms with Crippen molar-refractivity contribution < 1.29 is 28.5 Å². The topological polar surface area (TPSA) is 74.3 Å². The van der Waals surface area contributed by atoms with E-state index in [1.165, 1.54) is 18.1 Å². The van der Waals surface area contributed by atoms with Gasteiger partial charge in [0.05, 0.1) is 12.6 Å². The Labute approximate surface area is 124 Å². The Kier molecular flexibility index (Phi) is 5.60. The van der Waals surface area contributed by atoms with Gasteiger partial charge in [0.2, 0.25) is 0 Å². The van der Waals surface area contributed by atoms with Crippen LogP contribution >= 0.6 is 0 Å². The molecule has 0 N–H and O–H groups in total. The zero-order chi connectivity index (χ0) is 16.2. The number of carbonyl (C=O) groups is 2. The average molecular weight is 301 g/mol. The fourth-order valence-corrected chi connectivity index (χ4v) is 1.93. The third-order valence-electron chi connectivity index (χ3n) is 2.92. The zero-order valence-electron chi connectivity index (χ0n) is 13.1. The highest BCUT2D eigenvalue weighted by Crippen LogP contribution is 2.23. The molecule has 0 unspecified atom stereocenters. The van der Waals surface area contributed by atoms with Gasteiger partial charge in [-0.2, -0.15) is 0 Å². The second-order valence-corrected chi connectivity index (χ2v) is 5.76. The lowest BCUT2D eigenvalue weighted by molar-refractivity contribution is -0.0148. The standard InChI is InChI=1S/C14H23NO6/c1-7-10-11(20-13(17)19-10)9(8-18-6)15(5)12(16)21-14(2,3)4/h7,9-11H,1,8H2,2-6H3/t9-,10+,11-/m1/s1. The molecule has 1 heterocycles. The Bertz CT molecular complexity index is 403. The van der Waals surface area contributed by atoms with Crippen molar-refractivity contribution in [1.29, 1.82) is 0 Å². The molecule has 0 saturated carbocycles. The molecule has 0 radical (unpaired) electrons. The molecule has 7 heteroatoms. The predicted molar refractivity (Wildman–Crippen MR) is 75.0 cm³/mol. The highest BCUT2D eigenvalue weighted by atomic mass is 16.8. The van der Waals surface area contributed by atoms with Crippen molar-refractivity contribution in [2.24, 2.45) is 0 Å². The Morgan fingerprint density at radius 1 is 1.48 bits per heavy atom. The average Bonchev–Trinajstić information content (AvgIpc) is 2.74. The summed E-state index contributed by atoms with van der Waals surface area (Å²) in [5, 5.41) is 0. The minimum atomic E-state index is -0.788. The summed E-state index contributed by atoms with van der Waals surface area (Å²) in [6.45, 7) is 9.09. The highest BCUT2D eigenvalue weighted by Gasteiger charge is 2.44. The van der Waals surface area contributed by atoms with Gasteiger partial charge in [-0.25, -0.2) is 9.59 Å². The van der Waals surface area contributed by atoms with Gasteiger partial charge in [-0.05, 0) is 26.8 Å². The van der Waals surface area contributed by atoms with Crippen molar-refractivity contribution in [3.63, 3.8) is 0 Å². The lowest BCUT2D eigenvalue weighted by atomic mass is 10.1. The van der Waals surface area contributed by atoms with Gasteiger partial charge in [-0.1, -0.05) is 6.58 Å². The van der Waals surface area contributed by atoms with Gasteiger partial charge in [0.15, 0.2) is 12.2 Å². The summed E-state index contributed by atoms with van der Waals surface area (Å²) >= 11 is 0. The number of hydrogen-bond acceptors (Lipinski definition) is 6. The van der Waals surface area contributed by atoms with Gasteiger partial charge in [-0.3, -0.25) is 0 Å². The molecule has 0 aromatic carbocycles. The number of amides is 1. The third kappa shape index (κ3) is 4.63. The second-order valence-electron chi connectivity index (χ2n) is 5.76. The van der Waals surface area contributed by atoms with E-state index in [4.69, 9.17) is 18.9 Å². The van der Waals surface area contributed by atoms with E-state index >= 15 is 0 Å². The van der Waals surface area contributed by atoms with E-state index in [1.54, 1.807) is 27.8 Å². The van der Waals surface area contributed by atoms with Crippen LogP contribution in [0.3, 0.4) is 0 Å². The number of rotatable bonds is 5. The van der Waals surface area contributed by atoms with E-state index in [0.717, 1.165) is 0 Å². The van der Waals surface area contributed by atoms with Crippen molar-refractivity contribution >= 4 is 12.2 Å². The molecule has 1 saturated heterocycles. The minimum Gasteiger partial charge on any atom is -0.444 e. The molecule has 3 atom stereocenters. The van der Waals surface area contributed by atoms with E-state index in [0.29, 0.717) is 0 Å². The summed E-state index contributed by atoms with van der Waals surface area (Å²) in [5.41, 5.74) is -0.621. The fraction of sp³-hybridized carbons (Fsp3) is 0.714. The van der Waals surface area contributed by atoms with Crippen LogP contribution in [0.4, 0.5) is 9.59 Å². The van der Waals surface area contributed by atoms with Crippen molar-refractivity contribution in [2.75, 3.05) is 20.8 Å². The van der Waals surface area contributed by atoms with Gasteiger partial charge in [0.25, 0.3) is 0 Å². The van der Waals surface area contributed by atoms with Crippen LogP contribution in [0.25, 0.3) is 0 Å².